The van der Waals surface area contributed by atoms with E-state index in [1.54, 1.807) is 25.1 Å². The summed E-state index contributed by atoms with van der Waals surface area (Å²) in [6, 6.07) is 4.45. The van der Waals surface area contributed by atoms with Crippen LogP contribution in [-0.2, 0) is 14.3 Å². The topological polar surface area (TPSA) is 77.1 Å². The maximum absolute atomic E-state index is 12.4. The Hall–Kier alpha value is -2.61. The third-order valence-electron chi connectivity index (χ3n) is 3.92. The van der Waals surface area contributed by atoms with E-state index in [2.05, 4.69) is 5.32 Å². The highest BCUT2D eigenvalue weighted by molar-refractivity contribution is 7.80. The van der Waals surface area contributed by atoms with Crippen molar-refractivity contribution in [1.82, 2.24) is 10.2 Å². The van der Waals surface area contributed by atoms with Crippen molar-refractivity contribution in [2.24, 2.45) is 0 Å². The first-order valence-corrected chi connectivity index (χ1v) is 7.88. The molecule has 25 heavy (non-hydrogen) atoms. The van der Waals surface area contributed by atoms with Gasteiger partial charge in [0.25, 0.3) is 0 Å². The summed E-state index contributed by atoms with van der Waals surface area (Å²) in [7, 11) is 4.34. The van der Waals surface area contributed by atoms with Crippen molar-refractivity contribution in [3.05, 3.63) is 35.0 Å². The number of carbonyl (C=O) groups is 2. The monoisotopic (exact) mass is 364 g/mol. The number of esters is 1. The molecule has 1 amide bonds. The Bertz CT molecular complexity index is 759. The van der Waals surface area contributed by atoms with Crippen molar-refractivity contribution in [1.29, 1.82) is 0 Å². The van der Waals surface area contributed by atoms with Crippen LogP contribution in [-0.4, -0.2) is 43.2 Å². The second-order valence-corrected chi connectivity index (χ2v) is 5.75. The number of nitrogens with zero attached hydrogens (tertiary/aromatic N) is 1. The van der Waals surface area contributed by atoms with Gasteiger partial charge in [-0.2, -0.15) is 0 Å². The van der Waals surface area contributed by atoms with Gasteiger partial charge < -0.3 is 19.5 Å². The summed E-state index contributed by atoms with van der Waals surface area (Å²) >= 11 is 5.29. The van der Waals surface area contributed by atoms with E-state index in [-0.39, 0.29) is 11.0 Å². The number of amides is 1. The fourth-order valence-corrected chi connectivity index (χ4v) is 3.16. The van der Waals surface area contributed by atoms with Gasteiger partial charge in [0.2, 0.25) is 5.91 Å². The molecule has 0 radical (unpaired) electrons. The van der Waals surface area contributed by atoms with E-state index in [0.717, 1.165) is 0 Å². The van der Waals surface area contributed by atoms with Crippen molar-refractivity contribution in [2.75, 3.05) is 21.3 Å². The number of carbonyl (C=O) groups excluding carboxylic acids is 2. The molecule has 0 aliphatic carbocycles. The van der Waals surface area contributed by atoms with Crippen LogP contribution in [0.25, 0.3) is 0 Å². The molecule has 1 aromatic carbocycles. The van der Waals surface area contributed by atoms with Crippen molar-refractivity contribution in [2.45, 2.75) is 19.9 Å². The quantitative estimate of drug-likeness (QED) is 0.646. The third-order valence-corrected chi connectivity index (χ3v) is 4.22. The molecule has 0 spiro atoms. The lowest BCUT2D eigenvalue weighted by Crippen LogP contribution is -2.50. The summed E-state index contributed by atoms with van der Waals surface area (Å²) in [5.74, 6) is 0.178. The number of nitrogens with one attached hydrogen (secondary N) is 1. The van der Waals surface area contributed by atoms with Crippen LogP contribution in [0.3, 0.4) is 0 Å². The average molecular weight is 364 g/mol. The molecule has 0 unspecified atom stereocenters. The number of thiocarbonyl (C=S) groups is 1. The van der Waals surface area contributed by atoms with E-state index >= 15 is 0 Å². The Morgan fingerprint density at radius 2 is 1.80 bits per heavy atom. The summed E-state index contributed by atoms with van der Waals surface area (Å²) in [6.07, 6.45) is 0. The molecule has 1 aromatic rings. The molecule has 0 fully saturated rings. The molecular formula is C17H20N2O5S. The van der Waals surface area contributed by atoms with Gasteiger partial charge in [0, 0.05) is 12.6 Å². The second-order valence-electron chi connectivity index (χ2n) is 5.37. The minimum Gasteiger partial charge on any atom is -0.493 e. The fourth-order valence-electron chi connectivity index (χ4n) is 2.78. The number of methoxy groups -OCH3 is 3. The predicted molar refractivity (Wildman–Crippen MR) is 95.3 cm³/mol. The number of allylic oxidation sites excluding steroid dienone is 1. The van der Waals surface area contributed by atoms with Crippen molar-refractivity contribution in [3.8, 4) is 11.5 Å². The van der Waals surface area contributed by atoms with E-state index in [9.17, 15) is 9.59 Å². The molecule has 0 aromatic heterocycles. The van der Waals surface area contributed by atoms with Crippen LogP contribution in [0.2, 0.25) is 0 Å². The molecule has 0 bridgehead atoms. The Labute approximate surface area is 151 Å². The van der Waals surface area contributed by atoms with Crippen LogP contribution >= 0.6 is 12.2 Å². The molecule has 8 heteroatoms. The average Bonchev–Trinajstić information content (AvgIpc) is 2.59. The maximum atomic E-state index is 12.4. The molecule has 7 nitrogen and oxygen atoms in total. The normalized spacial score (nSPS) is 17.1. The molecule has 0 saturated carbocycles. The van der Waals surface area contributed by atoms with Gasteiger partial charge in [-0.05, 0) is 36.8 Å². The van der Waals surface area contributed by atoms with Crippen LogP contribution in [0.4, 0.5) is 0 Å². The van der Waals surface area contributed by atoms with E-state index in [1.807, 2.05) is 0 Å². The number of benzene rings is 1. The third kappa shape index (κ3) is 3.43. The highest BCUT2D eigenvalue weighted by Gasteiger charge is 2.39. The van der Waals surface area contributed by atoms with Gasteiger partial charge in [0.15, 0.2) is 16.6 Å². The van der Waals surface area contributed by atoms with Gasteiger partial charge >= 0.3 is 5.97 Å². The highest BCUT2D eigenvalue weighted by Crippen LogP contribution is 2.38. The fraction of sp³-hybridized carbons (Fsp3) is 0.353. The van der Waals surface area contributed by atoms with Crippen LogP contribution in [0, 0.1) is 0 Å². The van der Waals surface area contributed by atoms with Crippen LogP contribution in [0.15, 0.2) is 29.5 Å². The highest BCUT2D eigenvalue weighted by atomic mass is 32.1. The Kier molecular flexibility index (Phi) is 5.63. The Morgan fingerprint density at radius 1 is 1.16 bits per heavy atom. The van der Waals surface area contributed by atoms with E-state index in [0.29, 0.717) is 28.3 Å². The number of ether oxygens (including phenoxy) is 3. The van der Waals surface area contributed by atoms with Crippen LogP contribution < -0.4 is 14.8 Å². The lowest BCUT2D eigenvalue weighted by atomic mass is 9.93. The van der Waals surface area contributed by atoms with Gasteiger partial charge in [-0.25, -0.2) is 4.79 Å². The Balaban J connectivity index is 2.69. The molecule has 1 heterocycles. The van der Waals surface area contributed by atoms with Gasteiger partial charge in [-0.1, -0.05) is 6.07 Å². The zero-order valence-electron chi connectivity index (χ0n) is 14.7. The Morgan fingerprint density at radius 3 is 2.32 bits per heavy atom. The lowest BCUT2D eigenvalue weighted by Gasteiger charge is -2.37. The summed E-state index contributed by atoms with van der Waals surface area (Å²) < 4.78 is 15.5. The second kappa shape index (κ2) is 7.52. The smallest absolute Gasteiger partial charge is 0.337 e. The molecule has 1 N–H and O–H groups in total. The standard InChI is InChI=1S/C17H20N2O5S/c1-9-14(16(21)24-5)15(19(10(2)20)17(25)18-9)11-6-7-12(22-3)13(8-11)23-4/h6-8,15H,1-5H3,(H,18,25)/t15-/m0/s1. The first-order chi connectivity index (χ1) is 11.8. The maximum Gasteiger partial charge on any atom is 0.337 e. The SMILES string of the molecule is COC(=O)C1=C(C)NC(=S)N(C(C)=O)[C@H]1c1ccc(OC)c(OC)c1. The largest absolute Gasteiger partial charge is 0.493 e. The molecular weight excluding hydrogens is 344 g/mol. The summed E-state index contributed by atoms with van der Waals surface area (Å²) in [6.45, 7) is 3.10. The van der Waals surface area contributed by atoms with Crippen molar-refractivity contribution < 1.29 is 23.8 Å². The number of hydrogen-bond donors (Lipinski definition) is 1. The minimum absolute atomic E-state index is 0.220. The number of rotatable bonds is 4. The summed E-state index contributed by atoms with van der Waals surface area (Å²) in [5.41, 5.74) is 1.49. The van der Waals surface area contributed by atoms with Crippen molar-refractivity contribution >= 4 is 29.2 Å². The molecule has 1 atom stereocenters. The van der Waals surface area contributed by atoms with Gasteiger partial charge in [-0.15, -0.1) is 0 Å². The first-order valence-electron chi connectivity index (χ1n) is 7.47. The van der Waals surface area contributed by atoms with Gasteiger partial charge in [-0.3, -0.25) is 9.69 Å². The van der Waals surface area contributed by atoms with Gasteiger partial charge in [0.1, 0.15) is 0 Å². The van der Waals surface area contributed by atoms with E-state index in [1.165, 1.54) is 33.2 Å². The molecule has 0 saturated heterocycles. The number of hydrogen-bond acceptors (Lipinski definition) is 6. The minimum atomic E-state index is -0.724. The van der Waals surface area contributed by atoms with Crippen molar-refractivity contribution in [3.63, 3.8) is 0 Å². The van der Waals surface area contributed by atoms with E-state index in [4.69, 9.17) is 26.4 Å². The van der Waals surface area contributed by atoms with E-state index < -0.39 is 12.0 Å². The molecule has 2 rings (SSSR count). The molecule has 1 aliphatic rings. The lowest BCUT2D eigenvalue weighted by molar-refractivity contribution is -0.137. The summed E-state index contributed by atoms with van der Waals surface area (Å²) in [5, 5.41) is 3.11. The van der Waals surface area contributed by atoms with Gasteiger partial charge in [0.05, 0.1) is 32.9 Å². The summed E-state index contributed by atoms with van der Waals surface area (Å²) in [4.78, 5) is 25.9. The predicted octanol–water partition coefficient (Wildman–Crippen LogP) is 1.93. The molecule has 1 aliphatic heterocycles. The zero-order valence-corrected chi connectivity index (χ0v) is 15.5. The van der Waals surface area contributed by atoms with Crippen LogP contribution in [0.5, 0.6) is 11.5 Å². The molecule has 134 valence electrons. The zero-order chi connectivity index (χ0) is 18.7. The first kappa shape index (κ1) is 18.7. The van der Waals surface area contributed by atoms with Crippen LogP contribution in [0.1, 0.15) is 25.5 Å².